The molecule has 3 aromatic rings. The molecule has 143 valence electrons. The van der Waals surface area contributed by atoms with Crippen LogP contribution in [0.25, 0.3) is 0 Å². The molecule has 1 radical (unpaired) electrons. The van der Waals surface area contributed by atoms with Crippen LogP contribution in [0.3, 0.4) is 0 Å². The van der Waals surface area contributed by atoms with Crippen molar-refractivity contribution in [2.24, 2.45) is 0 Å². The van der Waals surface area contributed by atoms with Crippen LogP contribution in [0.5, 0.6) is 0 Å². The summed E-state index contributed by atoms with van der Waals surface area (Å²) in [4.78, 5) is 13.7. The van der Waals surface area contributed by atoms with E-state index in [9.17, 15) is 9.90 Å². The van der Waals surface area contributed by atoms with Gasteiger partial charge < -0.3 is 19.2 Å². The summed E-state index contributed by atoms with van der Waals surface area (Å²) in [7, 11) is 0. The minimum absolute atomic E-state index is 0. The molecule has 1 amide bonds. The molecular weight excluding hydrogens is 431 g/mol. The molecule has 2 aromatic carbocycles. The third kappa shape index (κ3) is 6.11. The van der Waals surface area contributed by atoms with Gasteiger partial charge in [-0.05, 0) is 35.3 Å². The molecule has 0 saturated carbocycles. The van der Waals surface area contributed by atoms with Crippen molar-refractivity contribution in [1.82, 2.24) is 0 Å². The number of benzene rings is 2. The van der Waals surface area contributed by atoms with E-state index in [1.165, 1.54) is 6.92 Å². The predicted octanol–water partition coefficient (Wildman–Crippen LogP) is 3.73. The van der Waals surface area contributed by atoms with Gasteiger partial charge in [0, 0.05) is 58.5 Å². The minimum Gasteiger partial charge on any atom is -0.593 e. The molecular formula is C22H22NO4Y-. The van der Waals surface area contributed by atoms with E-state index in [1.54, 1.807) is 17.0 Å². The maximum Gasteiger partial charge on any atom is 0.223 e. The van der Waals surface area contributed by atoms with Gasteiger partial charge >= 0.3 is 0 Å². The SMILES string of the molecule is CC(=O)N(CCOCc1cc[c-]o1)c1ccc(C(O)c2ccccc2)cc1.[Y]. The second-order valence-electron chi connectivity index (χ2n) is 6.15. The van der Waals surface area contributed by atoms with Gasteiger partial charge in [-0.15, -0.1) is 6.07 Å². The third-order valence-corrected chi connectivity index (χ3v) is 4.25. The molecule has 1 heterocycles. The van der Waals surface area contributed by atoms with E-state index in [-0.39, 0.29) is 38.6 Å². The number of amides is 1. The smallest absolute Gasteiger partial charge is 0.223 e. The zero-order valence-electron chi connectivity index (χ0n) is 15.7. The van der Waals surface area contributed by atoms with Crippen LogP contribution in [0.1, 0.15) is 29.9 Å². The number of aliphatic hydroxyl groups excluding tert-OH is 1. The van der Waals surface area contributed by atoms with E-state index >= 15 is 0 Å². The van der Waals surface area contributed by atoms with Crippen molar-refractivity contribution in [3.8, 4) is 0 Å². The zero-order chi connectivity index (χ0) is 19.1. The zero-order valence-corrected chi connectivity index (χ0v) is 18.6. The van der Waals surface area contributed by atoms with Gasteiger partial charge in [0.15, 0.2) is 0 Å². The van der Waals surface area contributed by atoms with E-state index < -0.39 is 6.10 Å². The Morgan fingerprint density at radius 1 is 1.11 bits per heavy atom. The van der Waals surface area contributed by atoms with Gasteiger partial charge in [0.05, 0.1) is 6.61 Å². The summed E-state index contributed by atoms with van der Waals surface area (Å²) in [6, 6.07) is 20.3. The van der Waals surface area contributed by atoms with E-state index in [0.29, 0.717) is 25.5 Å². The number of nitrogens with zero attached hydrogens (tertiary/aromatic N) is 1. The fourth-order valence-corrected chi connectivity index (χ4v) is 2.81. The quantitative estimate of drug-likeness (QED) is 0.417. The topological polar surface area (TPSA) is 62.9 Å². The number of furan rings is 1. The molecule has 0 bridgehead atoms. The van der Waals surface area contributed by atoms with E-state index in [2.05, 4.69) is 6.26 Å². The third-order valence-electron chi connectivity index (χ3n) is 4.25. The predicted molar refractivity (Wildman–Crippen MR) is 102 cm³/mol. The van der Waals surface area contributed by atoms with Crippen LogP contribution in [0, 0.1) is 6.26 Å². The van der Waals surface area contributed by atoms with Gasteiger partial charge in [-0.1, -0.05) is 42.5 Å². The Morgan fingerprint density at radius 2 is 1.79 bits per heavy atom. The van der Waals surface area contributed by atoms with Crippen molar-refractivity contribution in [3.63, 3.8) is 0 Å². The molecule has 0 aliphatic heterocycles. The van der Waals surface area contributed by atoms with Gasteiger partial charge in [-0.25, -0.2) is 0 Å². The number of ether oxygens (including phenoxy) is 1. The molecule has 0 fully saturated rings. The molecule has 1 N–H and O–H groups in total. The van der Waals surface area contributed by atoms with Gasteiger partial charge in [0.2, 0.25) is 5.91 Å². The number of carbonyl (C=O) groups excluding carboxylic acids is 1. The van der Waals surface area contributed by atoms with Gasteiger partial charge in [0.25, 0.3) is 0 Å². The standard InChI is InChI=1S/C22H22NO4.Y/c1-17(24)23(13-15-26-16-21-8-5-14-27-21)20-11-9-19(10-12-20)22(25)18-6-3-2-4-7-18;/h2-12,22,25H,13,15-16H2,1H3;/q-1;. The molecule has 0 aliphatic rings. The molecule has 0 spiro atoms. The summed E-state index contributed by atoms with van der Waals surface area (Å²) >= 11 is 0. The summed E-state index contributed by atoms with van der Waals surface area (Å²) in [6.45, 7) is 2.68. The average Bonchev–Trinajstić information content (AvgIpc) is 3.21. The van der Waals surface area contributed by atoms with E-state index in [1.807, 2.05) is 54.6 Å². The summed E-state index contributed by atoms with van der Waals surface area (Å²) in [6.07, 6.45) is 1.91. The Morgan fingerprint density at radius 3 is 2.39 bits per heavy atom. The largest absolute Gasteiger partial charge is 0.593 e. The second kappa shape index (κ2) is 11.3. The van der Waals surface area contributed by atoms with Crippen molar-refractivity contribution >= 4 is 11.6 Å². The van der Waals surface area contributed by atoms with Crippen molar-refractivity contribution in [3.05, 3.63) is 89.9 Å². The fraction of sp³-hybridized carbons (Fsp3) is 0.227. The first-order valence-corrected chi connectivity index (χ1v) is 8.79. The average molecular weight is 453 g/mol. The van der Waals surface area contributed by atoms with Crippen molar-refractivity contribution in [2.75, 3.05) is 18.1 Å². The van der Waals surface area contributed by atoms with Crippen LogP contribution in [-0.4, -0.2) is 24.2 Å². The summed E-state index contributed by atoms with van der Waals surface area (Å²) in [5.41, 5.74) is 2.37. The number of carbonyl (C=O) groups is 1. The Balaban J connectivity index is 0.00000280. The minimum atomic E-state index is -0.695. The van der Waals surface area contributed by atoms with Gasteiger partial charge in [0.1, 0.15) is 6.10 Å². The normalized spacial score (nSPS) is 11.5. The number of hydrogen-bond donors (Lipinski definition) is 1. The molecule has 0 saturated heterocycles. The Labute approximate surface area is 190 Å². The van der Waals surface area contributed by atoms with Crippen LogP contribution < -0.4 is 4.90 Å². The number of aliphatic hydroxyl groups is 1. The first kappa shape index (κ1) is 22.5. The maximum absolute atomic E-state index is 12.0. The monoisotopic (exact) mass is 453 g/mol. The van der Waals surface area contributed by atoms with Gasteiger partial charge in [-0.2, -0.15) is 6.07 Å². The molecule has 1 atom stereocenters. The molecule has 1 unspecified atom stereocenters. The summed E-state index contributed by atoms with van der Waals surface area (Å²) < 4.78 is 10.6. The van der Waals surface area contributed by atoms with Crippen LogP contribution in [0.15, 0.2) is 71.1 Å². The number of rotatable bonds is 8. The molecule has 6 heteroatoms. The second-order valence-corrected chi connectivity index (χ2v) is 6.15. The Hall–Kier alpha value is -1.79. The Kier molecular flexibility index (Phi) is 9.06. The summed E-state index contributed by atoms with van der Waals surface area (Å²) in [5.74, 6) is 0.630. The van der Waals surface area contributed by atoms with Crippen LogP contribution >= 0.6 is 0 Å². The van der Waals surface area contributed by atoms with E-state index in [0.717, 1.165) is 16.8 Å². The van der Waals surface area contributed by atoms with Crippen molar-refractivity contribution in [1.29, 1.82) is 0 Å². The van der Waals surface area contributed by atoms with Gasteiger partial charge in [-0.3, -0.25) is 4.79 Å². The fourth-order valence-electron chi connectivity index (χ4n) is 2.81. The Bertz CT molecular complexity index is 835. The number of anilines is 1. The van der Waals surface area contributed by atoms with E-state index in [4.69, 9.17) is 9.15 Å². The van der Waals surface area contributed by atoms with Crippen LogP contribution in [-0.2, 0) is 48.8 Å². The van der Waals surface area contributed by atoms with Crippen molar-refractivity contribution < 1.29 is 51.8 Å². The van der Waals surface area contributed by atoms with Crippen molar-refractivity contribution in [2.45, 2.75) is 19.6 Å². The molecule has 28 heavy (non-hydrogen) atoms. The molecule has 1 aromatic heterocycles. The first-order valence-electron chi connectivity index (χ1n) is 8.79. The molecule has 3 rings (SSSR count). The molecule has 0 aliphatic carbocycles. The first-order chi connectivity index (χ1) is 13.1. The molecule has 5 nitrogen and oxygen atoms in total. The maximum atomic E-state index is 12.0. The number of hydrogen-bond acceptors (Lipinski definition) is 4. The van der Waals surface area contributed by atoms with Crippen LogP contribution in [0.4, 0.5) is 5.69 Å². The summed E-state index contributed by atoms with van der Waals surface area (Å²) in [5, 5.41) is 10.5. The van der Waals surface area contributed by atoms with Crippen LogP contribution in [0.2, 0.25) is 0 Å².